The zero-order valence-electron chi connectivity index (χ0n) is 9.00. The fourth-order valence-corrected chi connectivity index (χ4v) is 1.88. The van der Waals surface area contributed by atoms with E-state index in [0.717, 1.165) is 22.3 Å². The van der Waals surface area contributed by atoms with Crippen LogP contribution in [0.2, 0.25) is 0 Å². The van der Waals surface area contributed by atoms with Gasteiger partial charge in [0.2, 0.25) is 0 Å². The summed E-state index contributed by atoms with van der Waals surface area (Å²) >= 11 is 2.20. The van der Waals surface area contributed by atoms with E-state index in [1.54, 1.807) is 6.07 Å². The van der Waals surface area contributed by atoms with E-state index in [0.29, 0.717) is 12.3 Å². The van der Waals surface area contributed by atoms with Gasteiger partial charge in [-0.1, -0.05) is 0 Å². The maximum absolute atomic E-state index is 11.8. The van der Waals surface area contributed by atoms with Crippen LogP contribution in [0.4, 0.5) is 0 Å². The molecule has 1 amide bonds. The van der Waals surface area contributed by atoms with Crippen molar-refractivity contribution in [1.82, 2.24) is 10.3 Å². The lowest BCUT2D eigenvalue weighted by molar-refractivity contribution is 0.0924. The summed E-state index contributed by atoms with van der Waals surface area (Å²) in [6.45, 7) is 3.23. The van der Waals surface area contributed by atoms with Gasteiger partial charge < -0.3 is 10.1 Å². The van der Waals surface area contributed by atoms with Crippen LogP contribution in [0.25, 0.3) is 0 Å². The smallest absolute Gasteiger partial charge is 0.270 e. The van der Waals surface area contributed by atoms with Crippen LogP contribution in [0, 0.1) is 10.5 Å². The number of ether oxygens (including phenoxy) is 1. The van der Waals surface area contributed by atoms with Gasteiger partial charge in [0.05, 0.1) is 18.3 Å². The van der Waals surface area contributed by atoms with Crippen molar-refractivity contribution in [2.45, 2.75) is 19.4 Å². The summed E-state index contributed by atoms with van der Waals surface area (Å²) < 4.78 is 6.27. The minimum atomic E-state index is -0.116. The normalized spacial score (nSPS) is 19.8. The van der Waals surface area contributed by atoms with Crippen LogP contribution in [0.15, 0.2) is 12.1 Å². The number of pyridine rings is 1. The van der Waals surface area contributed by atoms with Gasteiger partial charge in [0.1, 0.15) is 5.69 Å². The Hall–Kier alpha value is -0.690. The van der Waals surface area contributed by atoms with E-state index < -0.39 is 0 Å². The van der Waals surface area contributed by atoms with Crippen molar-refractivity contribution in [2.24, 2.45) is 0 Å². The zero-order chi connectivity index (χ0) is 11.5. The van der Waals surface area contributed by atoms with Gasteiger partial charge in [0, 0.05) is 10.2 Å². The monoisotopic (exact) mass is 332 g/mol. The van der Waals surface area contributed by atoms with Crippen LogP contribution < -0.4 is 5.32 Å². The number of halogens is 1. The largest absolute Gasteiger partial charge is 0.379 e. The molecule has 2 heterocycles. The maximum atomic E-state index is 11.8. The number of carbonyl (C=O) groups is 1. The third-order valence-electron chi connectivity index (χ3n) is 2.52. The summed E-state index contributed by atoms with van der Waals surface area (Å²) in [7, 11) is 0. The number of nitrogens with zero attached hydrogens (tertiary/aromatic N) is 1. The molecular weight excluding hydrogens is 319 g/mol. The molecule has 5 heteroatoms. The molecule has 0 aliphatic carbocycles. The number of nitrogens with one attached hydrogen (secondary N) is 1. The fourth-order valence-electron chi connectivity index (χ4n) is 1.58. The first-order valence-electron chi connectivity index (χ1n) is 5.18. The van der Waals surface area contributed by atoms with Crippen LogP contribution in [-0.2, 0) is 4.74 Å². The number of hydrogen-bond acceptors (Lipinski definition) is 3. The molecule has 1 aliphatic rings. The SMILES string of the molecule is Cc1nc(C(=O)N[C@H]2CCOC2)ccc1I. The second-order valence-electron chi connectivity index (χ2n) is 3.80. The maximum Gasteiger partial charge on any atom is 0.270 e. The molecule has 1 aromatic heterocycles. The molecule has 1 N–H and O–H groups in total. The minimum absolute atomic E-state index is 0.116. The quantitative estimate of drug-likeness (QED) is 0.836. The summed E-state index contributed by atoms with van der Waals surface area (Å²) in [5.41, 5.74) is 1.36. The Labute approximate surface area is 108 Å². The topological polar surface area (TPSA) is 51.2 Å². The third-order valence-corrected chi connectivity index (χ3v) is 3.66. The molecule has 0 spiro atoms. The van der Waals surface area contributed by atoms with Gasteiger partial charge in [-0.2, -0.15) is 0 Å². The molecule has 1 fully saturated rings. The van der Waals surface area contributed by atoms with Gasteiger partial charge >= 0.3 is 0 Å². The molecule has 0 radical (unpaired) electrons. The highest BCUT2D eigenvalue weighted by Gasteiger charge is 2.19. The molecule has 2 rings (SSSR count). The van der Waals surface area contributed by atoms with Crippen LogP contribution in [-0.4, -0.2) is 30.1 Å². The molecule has 0 aromatic carbocycles. The lowest BCUT2D eigenvalue weighted by Crippen LogP contribution is -2.35. The van der Waals surface area contributed by atoms with Crippen molar-refractivity contribution in [3.63, 3.8) is 0 Å². The van der Waals surface area contributed by atoms with Gasteiger partial charge in [-0.25, -0.2) is 4.98 Å². The van der Waals surface area contributed by atoms with E-state index in [9.17, 15) is 4.79 Å². The van der Waals surface area contributed by atoms with Gasteiger partial charge in [0.25, 0.3) is 5.91 Å². The summed E-state index contributed by atoms with van der Waals surface area (Å²) in [6.07, 6.45) is 0.884. The fraction of sp³-hybridized carbons (Fsp3) is 0.455. The van der Waals surface area contributed by atoms with E-state index in [1.807, 2.05) is 13.0 Å². The number of aryl methyl sites for hydroxylation is 1. The predicted octanol–water partition coefficient (Wildman–Crippen LogP) is 1.51. The highest BCUT2D eigenvalue weighted by molar-refractivity contribution is 14.1. The van der Waals surface area contributed by atoms with Crippen molar-refractivity contribution in [3.05, 3.63) is 27.1 Å². The van der Waals surface area contributed by atoms with Gasteiger partial charge in [0.15, 0.2) is 0 Å². The molecule has 0 bridgehead atoms. The molecule has 4 nitrogen and oxygen atoms in total. The first-order valence-corrected chi connectivity index (χ1v) is 6.26. The first-order chi connectivity index (χ1) is 7.66. The number of aromatic nitrogens is 1. The van der Waals surface area contributed by atoms with Crippen molar-refractivity contribution >= 4 is 28.5 Å². The number of carbonyl (C=O) groups excluding carboxylic acids is 1. The second-order valence-corrected chi connectivity index (χ2v) is 4.96. The average molecular weight is 332 g/mol. The molecule has 1 saturated heterocycles. The summed E-state index contributed by atoms with van der Waals surface area (Å²) in [4.78, 5) is 16.1. The van der Waals surface area contributed by atoms with Gasteiger partial charge in [-0.3, -0.25) is 4.79 Å². The highest BCUT2D eigenvalue weighted by Crippen LogP contribution is 2.10. The van der Waals surface area contributed by atoms with E-state index in [4.69, 9.17) is 4.74 Å². The Balaban J connectivity index is 2.05. The molecule has 0 saturated carbocycles. The summed E-state index contributed by atoms with van der Waals surface area (Å²) in [6, 6.07) is 3.79. The van der Waals surface area contributed by atoms with Crippen molar-refractivity contribution in [1.29, 1.82) is 0 Å². The van der Waals surface area contributed by atoms with Crippen LogP contribution in [0.5, 0.6) is 0 Å². The minimum Gasteiger partial charge on any atom is -0.379 e. The Kier molecular flexibility index (Phi) is 3.75. The van der Waals surface area contributed by atoms with Crippen molar-refractivity contribution in [3.8, 4) is 0 Å². The van der Waals surface area contributed by atoms with Crippen LogP contribution in [0.3, 0.4) is 0 Å². The van der Waals surface area contributed by atoms with E-state index >= 15 is 0 Å². The molecule has 1 aliphatic heterocycles. The van der Waals surface area contributed by atoms with Crippen LogP contribution >= 0.6 is 22.6 Å². The van der Waals surface area contributed by atoms with Gasteiger partial charge in [-0.15, -0.1) is 0 Å². The summed E-state index contributed by atoms with van der Waals surface area (Å²) in [5.74, 6) is -0.116. The molecule has 16 heavy (non-hydrogen) atoms. The number of amides is 1. The molecule has 1 aromatic rings. The van der Waals surface area contributed by atoms with Crippen LogP contribution in [0.1, 0.15) is 22.6 Å². The number of hydrogen-bond donors (Lipinski definition) is 1. The standard InChI is InChI=1S/C11H13IN2O2/c1-7-9(12)2-3-10(13-7)11(15)14-8-4-5-16-6-8/h2-3,8H,4-6H2,1H3,(H,14,15)/t8-/m0/s1. The Morgan fingerprint density at radius 3 is 3.06 bits per heavy atom. The van der Waals surface area contributed by atoms with E-state index in [2.05, 4.69) is 32.9 Å². The lowest BCUT2D eigenvalue weighted by atomic mass is 10.2. The van der Waals surface area contributed by atoms with E-state index in [1.165, 1.54) is 0 Å². The van der Waals surface area contributed by atoms with Crippen molar-refractivity contribution in [2.75, 3.05) is 13.2 Å². The predicted molar refractivity (Wildman–Crippen MR) is 68.4 cm³/mol. The third kappa shape index (κ3) is 2.70. The zero-order valence-corrected chi connectivity index (χ0v) is 11.2. The average Bonchev–Trinajstić information content (AvgIpc) is 2.74. The van der Waals surface area contributed by atoms with Gasteiger partial charge in [-0.05, 0) is 48.1 Å². The summed E-state index contributed by atoms with van der Waals surface area (Å²) in [5, 5.41) is 2.91. The molecule has 86 valence electrons. The Morgan fingerprint density at radius 1 is 1.62 bits per heavy atom. The second kappa shape index (κ2) is 5.09. The Bertz CT molecular complexity index is 403. The van der Waals surface area contributed by atoms with E-state index in [-0.39, 0.29) is 11.9 Å². The lowest BCUT2D eigenvalue weighted by Gasteiger charge is -2.10. The number of rotatable bonds is 2. The Morgan fingerprint density at radius 2 is 2.44 bits per heavy atom. The molecular formula is C11H13IN2O2. The molecule has 1 atom stereocenters. The molecule has 0 unspecified atom stereocenters. The first kappa shape index (κ1) is 11.8. The van der Waals surface area contributed by atoms with Crippen molar-refractivity contribution < 1.29 is 9.53 Å². The highest BCUT2D eigenvalue weighted by atomic mass is 127.